The number of benzene rings is 1. The van der Waals surface area contributed by atoms with Crippen LogP contribution in [-0.4, -0.2) is 51.7 Å². The van der Waals surface area contributed by atoms with Gasteiger partial charge in [-0.1, -0.05) is 6.58 Å². The summed E-state index contributed by atoms with van der Waals surface area (Å²) in [6.07, 6.45) is 7.46. The number of ketones is 1. The van der Waals surface area contributed by atoms with Crippen LogP contribution in [0.15, 0.2) is 47.5 Å². The van der Waals surface area contributed by atoms with E-state index in [9.17, 15) is 4.79 Å². The first-order valence-electron chi connectivity index (χ1n) is 12.5. The lowest BCUT2D eigenvalue weighted by Gasteiger charge is -2.19. The van der Waals surface area contributed by atoms with Crippen molar-refractivity contribution in [2.45, 2.75) is 33.1 Å². The minimum atomic E-state index is -0.905. The molecular weight excluding hydrogens is 518 g/mol. The van der Waals surface area contributed by atoms with E-state index in [2.05, 4.69) is 26.6 Å². The number of aliphatic imine (C=N–C) groups is 1. The number of ether oxygens (including phenoxy) is 2. The summed E-state index contributed by atoms with van der Waals surface area (Å²) in [5.41, 5.74) is 3.01. The average molecular weight is 549 g/mol. The average Bonchev–Trinajstić information content (AvgIpc) is 3.51. The van der Waals surface area contributed by atoms with E-state index < -0.39 is 17.6 Å². The fraction of sp³-hybridized carbons (Fsp3) is 0.310. The smallest absolute Gasteiger partial charge is 0.176 e. The Labute approximate surface area is 230 Å². The number of methoxy groups -OCH3 is 2. The summed E-state index contributed by atoms with van der Waals surface area (Å²) in [7, 11) is 4.36. The Morgan fingerprint density at radius 3 is 2.45 bits per heavy atom. The first kappa shape index (κ1) is 28.5. The molecule has 3 aromatic rings. The largest absolute Gasteiger partial charge is 0.494 e. The minimum absolute atomic E-state index is 0.0149. The first-order chi connectivity index (χ1) is 19.0. The maximum atomic E-state index is 15.4. The number of nitrogens with zero attached hydrogens (tertiary/aromatic N) is 5. The fourth-order valence-corrected chi connectivity index (χ4v) is 4.64. The normalized spacial score (nSPS) is 16.0. The molecule has 0 spiro atoms. The highest BCUT2D eigenvalue weighted by Crippen LogP contribution is 2.39. The van der Waals surface area contributed by atoms with Crippen LogP contribution in [0.3, 0.4) is 0 Å². The van der Waals surface area contributed by atoms with E-state index in [1.54, 1.807) is 30.9 Å². The molecule has 1 saturated carbocycles. The number of Topliss-reactive ketones (excluding diaryl/α,β-unsaturated/α-hetero) is 1. The second-order valence-electron chi connectivity index (χ2n) is 9.50. The van der Waals surface area contributed by atoms with Crippen LogP contribution >= 0.6 is 0 Å². The van der Waals surface area contributed by atoms with Crippen LogP contribution in [0, 0.1) is 29.9 Å². The van der Waals surface area contributed by atoms with Gasteiger partial charge in [0.15, 0.2) is 28.9 Å². The van der Waals surface area contributed by atoms with Crippen molar-refractivity contribution in [1.29, 1.82) is 5.41 Å². The molecule has 40 heavy (non-hydrogen) atoms. The fourth-order valence-electron chi connectivity index (χ4n) is 4.64. The van der Waals surface area contributed by atoms with Gasteiger partial charge >= 0.3 is 0 Å². The van der Waals surface area contributed by atoms with Gasteiger partial charge in [-0.2, -0.15) is 5.10 Å². The molecule has 9 nitrogen and oxygen atoms in total. The van der Waals surface area contributed by atoms with Gasteiger partial charge in [-0.25, -0.2) is 13.8 Å². The summed E-state index contributed by atoms with van der Waals surface area (Å²) >= 11 is 0. The van der Waals surface area contributed by atoms with E-state index in [0.29, 0.717) is 29.1 Å². The zero-order chi connectivity index (χ0) is 29.1. The van der Waals surface area contributed by atoms with Gasteiger partial charge in [0.25, 0.3) is 0 Å². The maximum absolute atomic E-state index is 15.4. The molecule has 0 aliphatic heterocycles. The second-order valence-corrected chi connectivity index (χ2v) is 9.50. The number of carbonyl (C=O) groups is 1. The lowest BCUT2D eigenvalue weighted by atomic mass is 9.89. The predicted octanol–water partition coefficient (Wildman–Crippen LogP) is 5.28. The van der Waals surface area contributed by atoms with Crippen molar-refractivity contribution in [3.63, 3.8) is 0 Å². The van der Waals surface area contributed by atoms with Crippen molar-refractivity contribution < 1.29 is 23.0 Å². The van der Waals surface area contributed by atoms with Gasteiger partial charge in [0.2, 0.25) is 0 Å². The van der Waals surface area contributed by atoms with Crippen LogP contribution in [0.4, 0.5) is 8.78 Å². The standard InChI is InChI=1S/C29H30F2N6O3/c1-15(26-27(30)24(39-5)10-25(40-6)28(26)31)20(9-18-7-8-23(38)29(18)32)16(2)33-12-21-17(3)36-22(13-34-21)19-11-35-37(4)14-19/h10-14,18,32H,2,7-9H2,1,3-6H3/b20-15-,32-29?,33-12?. The van der Waals surface area contributed by atoms with Crippen LogP contribution in [0.1, 0.15) is 43.1 Å². The molecule has 4 rings (SSSR count). The first-order valence-corrected chi connectivity index (χ1v) is 12.5. The van der Waals surface area contributed by atoms with Crippen LogP contribution < -0.4 is 9.47 Å². The molecule has 1 aromatic carbocycles. The second kappa shape index (κ2) is 11.7. The number of rotatable bonds is 9. The van der Waals surface area contributed by atoms with E-state index in [1.807, 2.05) is 13.2 Å². The third-order valence-electron chi connectivity index (χ3n) is 6.96. The van der Waals surface area contributed by atoms with E-state index in [0.717, 1.165) is 11.6 Å². The molecule has 2 heterocycles. The number of carbonyl (C=O) groups excluding carboxylic acids is 1. The molecule has 0 bridgehead atoms. The monoisotopic (exact) mass is 548 g/mol. The van der Waals surface area contributed by atoms with Crippen molar-refractivity contribution in [2.24, 2.45) is 18.0 Å². The van der Waals surface area contributed by atoms with Crippen LogP contribution in [0.5, 0.6) is 11.5 Å². The Morgan fingerprint density at radius 2 is 1.93 bits per heavy atom. The Hall–Kier alpha value is -4.54. The van der Waals surface area contributed by atoms with Crippen molar-refractivity contribution in [2.75, 3.05) is 14.2 Å². The van der Waals surface area contributed by atoms with Crippen molar-refractivity contribution in [3.05, 3.63) is 71.1 Å². The Kier molecular flexibility index (Phi) is 8.32. The summed E-state index contributed by atoms with van der Waals surface area (Å²) in [6, 6.07) is 1.13. The van der Waals surface area contributed by atoms with Crippen LogP contribution in [0.2, 0.25) is 0 Å². The molecule has 0 amide bonds. The molecule has 1 N–H and O–H groups in total. The van der Waals surface area contributed by atoms with Gasteiger partial charge in [-0.3, -0.25) is 19.5 Å². The van der Waals surface area contributed by atoms with Gasteiger partial charge in [0.05, 0.1) is 61.2 Å². The number of allylic oxidation sites excluding steroid dienone is 2. The molecular formula is C29H30F2N6O3. The summed E-state index contributed by atoms with van der Waals surface area (Å²) in [4.78, 5) is 25.6. The highest BCUT2D eigenvalue weighted by molar-refractivity contribution is 6.41. The maximum Gasteiger partial charge on any atom is 0.176 e. The van der Waals surface area contributed by atoms with Gasteiger partial charge < -0.3 is 14.9 Å². The molecule has 1 unspecified atom stereocenters. The molecule has 11 heteroatoms. The summed E-state index contributed by atoms with van der Waals surface area (Å²) < 4.78 is 42.7. The van der Waals surface area contributed by atoms with Crippen LogP contribution in [-0.2, 0) is 11.8 Å². The van der Waals surface area contributed by atoms with Gasteiger partial charge in [0.1, 0.15) is 5.69 Å². The molecule has 208 valence electrons. The highest BCUT2D eigenvalue weighted by atomic mass is 19.1. The third-order valence-corrected chi connectivity index (χ3v) is 6.96. The molecule has 2 aromatic heterocycles. The topological polar surface area (TPSA) is 115 Å². The molecule has 1 aliphatic carbocycles. The number of hydrogen-bond acceptors (Lipinski definition) is 8. The lowest BCUT2D eigenvalue weighted by molar-refractivity contribution is -0.112. The van der Waals surface area contributed by atoms with E-state index in [1.165, 1.54) is 20.4 Å². The highest BCUT2D eigenvalue weighted by Gasteiger charge is 2.31. The number of hydrogen-bond donors (Lipinski definition) is 1. The summed E-state index contributed by atoms with van der Waals surface area (Å²) in [6.45, 7) is 7.40. The Morgan fingerprint density at radius 1 is 1.25 bits per heavy atom. The van der Waals surface area contributed by atoms with E-state index in [4.69, 9.17) is 14.9 Å². The van der Waals surface area contributed by atoms with Gasteiger partial charge in [-0.15, -0.1) is 0 Å². The van der Waals surface area contributed by atoms with Crippen molar-refractivity contribution in [1.82, 2.24) is 19.7 Å². The molecule has 0 saturated heterocycles. The van der Waals surface area contributed by atoms with Crippen molar-refractivity contribution >= 4 is 23.3 Å². The predicted molar refractivity (Wildman–Crippen MR) is 148 cm³/mol. The third kappa shape index (κ3) is 5.58. The zero-order valence-electron chi connectivity index (χ0n) is 23.0. The van der Waals surface area contributed by atoms with Gasteiger partial charge in [-0.05, 0) is 37.8 Å². The van der Waals surface area contributed by atoms with Gasteiger partial charge in [0, 0.05) is 37.2 Å². The Balaban J connectivity index is 1.75. The van der Waals surface area contributed by atoms with E-state index in [-0.39, 0.29) is 52.7 Å². The number of aryl methyl sites for hydroxylation is 2. The van der Waals surface area contributed by atoms with E-state index >= 15 is 8.78 Å². The Bertz CT molecular complexity index is 1550. The summed E-state index contributed by atoms with van der Waals surface area (Å²) in [5, 5.41) is 12.4. The van der Waals surface area contributed by atoms with Crippen LogP contribution in [0.25, 0.3) is 16.8 Å². The van der Waals surface area contributed by atoms with Crippen molar-refractivity contribution in [3.8, 4) is 22.8 Å². The molecule has 0 radical (unpaired) electrons. The molecule has 1 fully saturated rings. The molecule has 1 aliphatic rings. The summed E-state index contributed by atoms with van der Waals surface area (Å²) in [5.74, 6) is -2.86. The minimum Gasteiger partial charge on any atom is -0.494 e. The quantitative estimate of drug-likeness (QED) is 0.288. The SMILES string of the molecule is C=C(N=Cc1ncc(-c2cnn(C)c2)nc1C)/C(CC1CCC(=O)C1=N)=C(/C)c1c(F)c(OC)cc(OC)c1F. The number of halogens is 2. The lowest BCUT2D eigenvalue weighted by Crippen LogP contribution is -2.14. The molecule has 1 atom stereocenters. The number of aromatic nitrogens is 4. The zero-order valence-corrected chi connectivity index (χ0v) is 23.0. The number of nitrogens with one attached hydrogen (secondary N) is 1.